The van der Waals surface area contributed by atoms with Gasteiger partial charge in [-0.1, -0.05) is 0 Å². The summed E-state index contributed by atoms with van der Waals surface area (Å²) in [6.45, 7) is 0.359. The summed E-state index contributed by atoms with van der Waals surface area (Å²) in [7, 11) is -7.30. The predicted octanol–water partition coefficient (Wildman–Crippen LogP) is 0.0204. The van der Waals surface area contributed by atoms with Gasteiger partial charge in [-0.05, 0) is 28.1 Å². The first-order chi connectivity index (χ1) is 8.71. The highest BCUT2D eigenvalue weighted by atomic mass is 79.9. The minimum Gasteiger partial charge on any atom is -0.216 e. The van der Waals surface area contributed by atoms with E-state index in [1.807, 2.05) is 0 Å². The Morgan fingerprint density at radius 3 is 2.00 bits per heavy atom. The van der Waals surface area contributed by atoms with Crippen LogP contribution in [0.2, 0.25) is 0 Å². The summed E-state index contributed by atoms with van der Waals surface area (Å²) in [5.41, 5.74) is 0. The van der Waals surface area contributed by atoms with E-state index in [4.69, 9.17) is 5.14 Å². The van der Waals surface area contributed by atoms with Crippen LogP contribution in [0.15, 0.2) is 20.1 Å². The van der Waals surface area contributed by atoms with Gasteiger partial charge in [0, 0.05) is 26.2 Å². The normalized spacial score (nSPS) is 19.7. The van der Waals surface area contributed by atoms with E-state index in [9.17, 15) is 16.8 Å². The quantitative estimate of drug-likeness (QED) is 0.786. The second-order valence-corrected chi connectivity index (χ2v) is 10.1. The van der Waals surface area contributed by atoms with Crippen molar-refractivity contribution in [3.63, 3.8) is 0 Å². The molecular weight excluding hydrogens is 378 g/mol. The fraction of sp³-hybridized carbons (Fsp3) is 0.500. The molecule has 7 nitrogen and oxygen atoms in total. The van der Waals surface area contributed by atoms with Crippen molar-refractivity contribution in [2.75, 3.05) is 26.2 Å². The molecule has 1 aliphatic rings. The Kier molecular flexibility index (Phi) is 4.35. The number of hydrogen-bond donors (Lipinski definition) is 1. The molecule has 0 aliphatic carbocycles. The van der Waals surface area contributed by atoms with Gasteiger partial charge in [0.25, 0.3) is 20.2 Å². The van der Waals surface area contributed by atoms with Crippen molar-refractivity contribution in [2.24, 2.45) is 5.14 Å². The minimum atomic E-state index is -3.75. The zero-order chi connectivity index (χ0) is 14.3. The van der Waals surface area contributed by atoms with Crippen LogP contribution in [0.5, 0.6) is 0 Å². The average molecular weight is 390 g/mol. The third-order valence-corrected chi connectivity index (χ3v) is 7.77. The minimum absolute atomic E-state index is 0.0740. The van der Waals surface area contributed by atoms with E-state index in [1.54, 1.807) is 6.07 Å². The zero-order valence-electron chi connectivity index (χ0n) is 9.69. The maximum absolute atomic E-state index is 12.3. The van der Waals surface area contributed by atoms with Gasteiger partial charge in [0.15, 0.2) is 0 Å². The molecule has 1 aromatic heterocycles. The van der Waals surface area contributed by atoms with E-state index < -0.39 is 20.2 Å². The van der Waals surface area contributed by atoms with Crippen LogP contribution >= 0.6 is 27.3 Å². The third kappa shape index (κ3) is 3.35. The smallest absolute Gasteiger partial charge is 0.216 e. The summed E-state index contributed by atoms with van der Waals surface area (Å²) in [6, 6.07) is 3.19. The molecule has 0 atom stereocenters. The Morgan fingerprint density at radius 1 is 1.05 bits per heavy atom. The SMILES string of the molecule is NS(=O)(=O)N1CCN(S(=O)(=O)c2ccc(Br)s2)CC1. The van der Waals surface area contributed by atoms with Crippen molar-refractivity contribution >= 4 is 47.5 Å². The second kappa shape index (κ2) is 5.39. The molecule has 19 heavy (non-hydrogen) atoms. The van der Waals surface area contributed by atoms with Gasteiger partial charge in [0.2, 0.25) is 0 Å². The number of rotatable bonds is 3. The van der Waals surface area contributed by atoms with Crippen LogP contribution < -0.4 is 5.14 Å². The Hall–Kier alpha value is -0.0400. The van der Waals surface area contributed by atoms with E-state index in [1.165, 1.54) is 10.4 Å². The number of nitrogens with two attached hydrogens (primary N) is 1. The highest BCUT2D eigenvalue weighted by molar-refractivity contribution is 9.11. The van der Waals surface area contributed by atoms with E-state index in [-0.39, 0.29) is 30.4 Å². The molecule has 0 unspecified atom stereocenters. The molecule has 2 N–H and O–H groups in total. The standard InChI is InChI=1S/C8H12BrN3O4S3/c9-7-1-2-8(17-7)18(13,14)11-3-5-12(6-4-11)19(10,15)16/h1-2H,3-6H2,(H2,10,15,16). The fourth-order valence-electron chi connectivity index (χ4n) is 1.73. The number of halogens is 1. The van der Waals surface area contributed by atoms with Crippen LogP contribution in [0.3, 0.4) is 0 Å². The lowest BCUT2D eigenvalue weighted by Gasteiger charge is -2.31. The monoisotopic (exact) mass is 389 g/mol. The van der Waals surface area contributed by atoms with Gasteiger partial charge in [-0.25, -0.2) is 13.6 Å². The van der Waals surface area contributed by atoms with Gasteiger partial charge in [0.1, 0.15) is 4.21 Å². The van der Waals surface area contributed by atoms with Gasteiger partial charge < -0.3 is 0 Å². The topological polar surface area (TPSA) is 101 Å². The van der Waals surface area contributed by atoms with Crippen molar-refractivity contribution in [1.29, 1.82) is 0 Å². The molecule has 0 saturated carbocycles. The summed E-state index contributed by atoms with van der Waals surface area (Å²) < 4.78 is 50.2. The van der Waals surface area contributed by atoms with Crippen LogP contribution in [0.25, 0.3) is 0 Å². The Balaban J connectivity index is 2.14. The first-order valence-corrected chi connectivity index (χ1v) is 9.80. The number of sulfonamides is 1. The van der Waals surface area contributed by atoms with Gasteiger partial charge in [-0.2, -0.15) is 17.0 Å². The molecule has 2 rings (SSSR count). The number of piperazine rings is 1. The van der Waals surface area contributed by atoms with E-state index in [2.05, 4.69) is 15.9 Å². The summed E-state index contributed by atoms with van der Waals surface area (Å²) in [5.74, 6) is 0. The van der Waals surface area contributed by atoms with Crippen LogP contribution in [0.4, 0.5) is 0 Å². The molecule has 108 valence electrons. The molecule has 0 radical (unpaired) electrons. The lowest BCUT2D eigenvalue weighted by atomic mass is 10.4. The highest BCUT2D eigenvalue weighted by Crippen LogP contribution is 2.28. The molecule has 1 fully saturated rings. The van der Waals surface area contributed by atoms with Gasteiger partial charge in [0.05, 0.1) is 3.79 Å². The van der Waals surface area contributed by atoms with Crippen molar-refractivity contribution in [3.05, 3.63) is 15.9 Å². The number of thiophene rings is 1. The Morgan fingerprint density at radius 2 is 1.58 bits per heavy atom. The Labute approximate surface area is 124 Å². The molecule has 0 spiro atoms. The number of hydrogen-bond acceptors (Lipinski definition) is 5. The fourth-order valence-corrected chi connectivity index (χ4v) is 5.99. The predicted molar refractivity (Wildman–Crippen MR) is 75.5 cm³/mol. The summed E-state index contributed by atoms with van der Waals surface area (Å²) in [5, 5.41) is 5.01. The molecule has 0 amide bonds. The first kappa shape index (κ1) is 15.4. The third-order valence-electron chi connectivity index (χ3n) is 2.70. The lowest BCUT2D eigenvalue weighted by Crippen LogP contribution is -2.52. The van der Waals surface area contributed by atoms with Gasteiger partial charge in [-0.3, -0.25) is 0 Å². The number of nitrogens with zero attached hydrogens (tertiary/aromatic N) is 2. The second-order valence-electron chi connectivity index (χ2n) is 3.91. The zero-order valence-corrected chi connectivity index (χ0v) is 13.7. The summed E-state index contributed by atoms with van der Waals surface area (Å²) in [4.78, 5) is 0. The summed E-state index contributed by atoms with van der Waals surface area (Å²) >= 11 is 4.34. The highest BCUT2D eigenvalue weighted by Gasteiger charge is 2.32. The van der Waals surface area contributed by atoms with Crippen LogP contribution in [-0.2, 0) is 20.2 Å². The molecule has 1 aromatic rings. The molecule has 11 heteroatoms. The van der Waals surface area contributed by atoms with Gasteiger partial charge >= 0.3 is 0 Å². The van der Waals surface area contributed by atoms with Crippen molar-refractivity contribution in [1.82, 2.24) is 8.61 Å². The molecule has 2 heterocycles. The van der Waals surface area contributed by atoms with Crippen molar-refractivity contribution in [3.8, 4) is 0 Å². The van der Waals surface area contributed by atoms with E-state index in [0.717, 1.165) is 19.4 Å². The first-order valence-electron chi connectivity index (χ1n) is 5.24. The average Bonchev–Trinajstić information content (AvgIpc) is 2.76. The molecule has 1 saturated heterocycles. The molecular formula is C8H12BrN3O4S3. The molecule has 0 aromatic carbocycles. The van der Waals surface area contributed by atoms with Crippen molar-refractivity contribution < 1.29 is 16.8 Å². The van der Waals surface area contributed by atoms with Crippen LogP contribution in [0, 0.1) is 0 Å². The van der Waals surface area contributed by atoms with Gasteiger partial charge in [-0.15, -0.1) is 11.3 Å². The van der Waals surface area contributed by atoms with Crippen LogP contribution in [0.1, 0.15) is 0 Å². The largest absolute Gasteiger partial charge is 0.276 e. The van der Waals surface area contributed by atoms with Crippen LogP contribution in [-0.4, -0.2) is 51.6 Å². The maximum Gasteiger partial charge on any atom is 0.276 e. The Bertz CT molecular complexity index is 661. The summed E-state index contributed by atoms with van der Waals surface area (Å²) in [6.07, 6.45) is 0. The molecule has 1 aliphatic heterocycles. The maximum atomic E-state index is 12.3. The van der Waals surface area contributed by atoms with Crippen molar-refractivity contribution in [2.45, 2.75) is 4.21 Å². The van der Waals surface area contributed by atoms with E-state index >= 15 is 0 Å². The van der Waals surface area contributed by atoms with E-state index in [0.29, 0.717) is 0 Å². The lowest BCUT2D eigenvalue weighted by molar-refractivity contribution is 0.273. The molecule has 0 bridgehead atoms.